The van der Waals surface area contributed by atoms with Gasteiger partial charge in [0.1, 0.15) is 6.10 Å². The second-order valence-electron chi connectivity index (χ2n) is 5.25. The van der Waals surface area contributed by atoms with Gasteiger partial charge in [-0.2, -0.15) is 4.31 Å². The first-order valence-electron chi connectivity index (χ1n) is 6.65. The van der Waals surface area contributed by atoms with Crippen molar-refractivity contribution in [3.8, 4) is 5.88 Å². The Bertz CT molecular complexity index is 569. The maximum absolute atomic E-state index is 12.1. The topological polar surface area (TPSA) is 59.5 Å². The summed E-state index contributed by atoms with van der Waals surface area (Å²) in [6, 6.07) is 5.61. The molecule has 2 aliphatic rings. The van der Waals surface area contributed by atoms with Crippen LogP contribution in [-0.4, -0.2) is 42.2 Å². The fourth-order valence-corrected chi connectivity index (χ4v) is 4.24. The molecule has 1 saturated carbocycles. The van der Waals surface area contributed by atoms with Gasteiger partial charge in [0.25, 0.3) is 0 Å². The second kappa shape index (κ2) is 4.76. The molecule has 6 heteroatoms. The van der Waals surface area contributed by atoms with Crippen molar-refractivity contribution in [3.63, 3.8) is 0 Å². The number of nitrogens with zero attached hydrogens (tertiary/aromatic N) is 2. The predicted octanol–water partition coefficient (Wildman–Crippen LogP) is 1.34. The number of aryl methyl sites for hydroxylation is 1. The van der Waals surface area contributed by atoms with Crippen molar-refractivity contribution >= 4 is 10.0 Å². The smallest absolute Gasteiger partial charge is 0.217 e. The normalized spacial score (nSPS) is 24.6. The van der Waals surface area contributed by atoms with E-state index in [9.17, 15) is 8.42 Å². The van der Waals surface area contributed by atoms with Gasteiger partial charge in [0.15, 0.2) is 0 Å². The number of aromatic nitrogens is 1. The highest BCUT2D eigenvalue weighted by Gasteiger charge is 2.43. The van der Waals surface area contributed by atoms with Gasteiger partial charge in [0.05, 0.1) is 11.8 Å². The number of hydrogen-bond donors (Lipinski definition) is 0. The molecule has 0 bridgehead atoms. The monoisotopic (exact) mass is 282 g/mol. The molecule has 0 radical (unpaired) electrons. The summed E-state index contributed by atoms with van der Waals surface area (Å²) in [6.45, 7) is 2.93. The van der Waals surface area contributed by atoms with Crippen LogP contribution in [0.3, 0.4) is 0 Å². The summed E-state index contributed by atoms with van der Waals surface area (Å²) in [6.07, 6.45) is 2.28. The largest absolute Gasteiger partial charge is 0.473 e. The average molecular weight is 282 g/mol. The van der Waals surface area contributed by atoms with Crippen LogP contribution in [-0.2, 0) is 10.0 Å². The van der Waals surface area contributed by atoms with Gasteiger partial charge in [-0.25, -0.2) is 13.4 Å². The molecule has 1 saturated heterocycles. The summed E-state index contributed by atoms with van der Waals surface area (Å²) in [5.41, 5.74) is 0.901. The van der Waals surface area contributed by atoms with Gasteiger partial charge in [0.2, 0.25) is 15.9 Å². The molecule has 3 rings (SSSR count). The summed E-state index contributed by atoms with van der Waals surface area (Å²) < 4.78 is 31.5. The number of ether oxygens (including phenoxy) is 1. The van der Waals surface area contributed by atoms with E-state index in [-0.39, 0.29) is 11.4 Å². The van der Waals surface area contributed by atoms with Crippen LogP contribution >= 0.6 is 0 Å². The minimum Gasteiger partial charge on any atom is -0.473 e. The van der Waals surface area contributed by atoms with E-state index in [0.717, 1.165) is 25.0 Å². The van der Waals surface area contributed by atoms with E-state index >= 15 is 0 Å². The first-order valence-corrected chi connectivity index (χ1v) is 8.15. The number of rotatable bonds is 4. The molecule has 0 amide bonds. The van der Waals surface area contributed by atoms with Crippen molar-refractivity contribution in [1.82, 2.24) is 9.29 Å². The SMILES string of the molecule is Cc1cccc(OC2CCN(S(=O)(=O)C3CC3)C2)n1. The molecular formula is C13H18N2O3S. The molecule has 0 spiro atoms. The average Bonchev–Trinajstić information content (AvgIpc) is 3.11. The van der Waals surface area contributed by atoms with Gasteiger partial charge in [0, 0.05) is 18.3 Å². The van der Waals surface area contributed by atoms with Gasteiger partial charge in [-0.15, -0.1) is 0 Å². The lowest BCUT2D eigenvalue weighted by Gasteiger charge is -2.16. The van der Waals surface area contributed by atoms with Crippen molar-refractivity contribution in [2.45, 2.75) is 37.5 Å². The molecule has 1 aliphatic heterocycles. The Kier molecular flexibility index (Phi) is 3.22. The lowest BCUT2D eigenvalue weighted by Crippen LogP contribution is -2.33. The highest BCUT2D eigenvalue weighted by molar-refractivity contribution is 7.90. The Hall–Kier alpha value is -1.14. The van der Waals surface area contributed by atoms with E-state index < -0.39 is 10.0 Å². The first-order chi connectivity index (χ1) is 9.05. The van der Waals surface area contributed by atoms with Gasteiger partial charge in [-0.1, -0.05) is 6.07 Å². The molecule has 104 valence electrons. The summed E-state index contributed by atoms with van der Waals surface area (Å²) in [5.74, 6) is 0.579. The van der Waals surface area contributed by atoms with Crippen molar-refractivity contribution < 1.29 is 13.2 Å². The Morgan fingerprint density at radius 1 is 1.32 bits per heavy atom. The third kappa shape index (κ3) is 2.74. The highest BCUT2D eigenvalue weighted by Crippen LogP contribution is 2.33. The van der Waals surface area contributed by atoms with Crippen molar-refractivity contribution in [3.05, 3.63) is 23.9 Å². The van der Waals surface area contributed by atoms with Crippen molar-refractivity contribution in [1.29, 1.82) is 0 Å². The molecule has 0 aromatic carbocycles. The minimum atomic E-state index is -3.07. The third-order valence-electron chi connectivity index (χ3n) is 3.56. The van der Waals surface area contributed by atoms with Gasteiger partial charge in [-0.05, 0) is 32.3 Å². The lowest BCUT2D eigenvalue weighted by atomic mass is 10.3. The zero-order chi connectivity index (χ0) is 13.5. The van der Waals surface area contributed by atoms with Crippen LogP contribution in [0.1, 0.15) is 25.0 Å². The molecule has 1 atom stereocenters. The lowest BCUT2D eigenvalue weighted by molar-refractivity contribution is 0.206. The van der Waals surface area contributed by atoms with E-state index in [0.29, 0.717) is 19.0 Å². The molecule has 1 aromatic rings. The second-order valence-corrected chi connectivity index (χ2v) is 7.46. The van der Waals surface area contributed by atoms with E-state index in [1.54, 1.807) is 4.31 Å². The van der Waals surface area contributed by atoms with Gasteiger partial charge in [-0.3, -0.25) is 0 Å². The van der Waals surface area contributed by atoms with Crippen LogP contribution in [0.25, 0.3) is 0 Å². The number of pyridine rings is 1. The number of sulfonamides is 1. The minimum absolute atomic E-state index is 0.0807. The van der Waals surface area contributed by atoms with E-state index in [1.807, 2.05) is 25.1 Å². The molecule has 1 aromatic heterocycles. The maximum atomic E-state index is 12.1. The van der Waals surface area contributed by atoms with Crippen LogP contribution in [0.2, 0.25) is 0 Å². The van der Waals surface area contributed by atoms with E-state index in [4.69, 9.17) is 4.74 Å². The van der Waals surface area contributed by atoms with Crippen LogP contribution < -0.4 is 4.74 Å². The molecule has 1 unspecified atom stereocenters. The summed E-state index contributed by atoms with van der Waals surface area (Å²) in [7, 11) is -3.07. The molecular weight excluding hydrogens is 264 g/mol. The van der Waals surface area contributed by atoms with E-state index in [1.165, 1.54) is 0 Å². The van der Waals surface area contributed by atoms with Gasteiger partial charge >= 0.3 is 0 Å². The van der Waals surface area contributed by atoms with Crippen LogP contribution in [0, 0.1) is 6.92 Å². The summed E-state index contributed by atoms with van der Waals surface area (Å²) >= 11 is 0. The van der Waals surface area contributed by atoms with Crippen LogP contribution in [0.4, 0.5) is 0 Å². The van der Waals surface area contributed by atoms with Crippen molar-refractivity contribution in [2.75, 3.05) is 13.1 Å². The highest BCUT2D eigenvalue weighted by atomic mass is 32.2. The Morgan fingerprint density at radius 3 is 2.79 bits per heavy atom. The molecule has 5 nitrogen and oxygen atoms in total. The molecule has 19 heavy (non-hydrogen) atoms. The zero-order valence-electron chi connectivity index (χ0n) is 10.9. The Balaban J connectivity index is 1.63. The molecule has 0 N–H and O–H groups in total. The van der Waals surface area contributed by atoms with Crippen molar-refractivity contribution in [2.24, 2.45) is 0 Å². The van der Waals surface area contributed by atoms with Gasteiger partial charge < -0.3 is 4.74 Å². The molecule has 1 aliphatic carbocycles. The first kappa shape index (κ1) is 12.9. The summed E-state index contributed by atoms with van der Waals surface area (Å²) in [5, 5.41) is -0.136. The van der Waals surface area contributed by atoms with E-state index in [2.05, 4.69) is 4.98 Å². The van der Waals surface area contributed by atoms with Crippen LogP contribution in [0.15, 0.2) is 18.2 Å². The molecule has 2 fully saturated rings. The fourth-order valence-electron chi connectivity index (χ4n) is 2.36. The predicted molar refractivity (Wildman–Crippen MR) is 71.5 cm³/mol. The Morgan fingerprint density at radius 2 is 2.11 bits per heavy atom. The maximum Gasteiger partial charge on any atom is 0.217 e. The zero-order valence-corrected chi connectivity index (χ0v) is 11.8. The molecule has 2 heterocycles. The summed E-state index contributed by atoms with van der Waals surface area (Å²) in [4.78, 5) is 4.28. The fraction of sp³-hybridized carbons (Fsp3) is 0.615. The third-order valence-corrected chi connectivity index (χ3v) is 5.93. The van der Waals surface area contributed by atoms with Crippen LogP contribution in [0.5, 0.6) is 5.88 Å². The number of hydrogen-bond acceptors (Lipinski definition) is 4. The Labute approximate surface area is 113 Å². The quantitative estimate of drug-likeness (QED) is 0.836. The standard InChI is InChI=1S/C13H18N2O3S/c1-10-3-2-4-13(14-10)18-11-7-8-15(9-11)19(16,17)12-5-6-12/h2-4,11-12H,5-9H2,1H3.